The van der Waals surface area contributed by atoms with Crippen LogP contribution in [0.25, 0.3) is 0 Å². The highest BCUT2D eigenvalue weighted by atomic mass is 14.0. The summed E-state index contributed by atoms with van der Waals surface area (Å²) >= 11 is 0. The molecule has 0 aromatic carbocycles. The predicted octanol–water partition coefficient (Wildman–Crippen LogP) is 5.12. The van der Waals surface area contributed by atoms with Gasteiger partial charge in [-0.05, 0) is 32.1 Å². The van der Waals surface area contributed by atoms with Crippen LogP contribution < -0.4 is 0 Å². The maximum atomic E-state index is 2.41. The first-order valence-electron chi connectivity index (χ1n) is 5.95. The van der Waals surface area contributed by atoms with Crippen LogP contribution in [0.5, 0.6) is 0 Å². The van der Waals surface area contributed by atoms with Crippen molar-refractivity contribution in [2.24, 2.45) is 5.92 Å². The Morgan fingerprint density at radius 1 is 1.21 bits per heavy atom. The largest absolute Gasteiger partial charge is 0.0827 e. The summed E-state index contributed by atoms with van der Waals surface area (Å²) in [4.78, 5) is 0. The molecule has 0 saturated carbocycles. The highest BCUT2D eigenvalue weighted by Gasteiger charge is 1.94. The molecular weight excluding hydrogens is 168 g/mol. The number of rotatable bonds is 6. The number of hydrogen-bond acceptors (Lipinski definition) is 0. The SMILES string of the molecule is CCCC(=CCC(C)=CC(C)C)CC. The molecule has 0 amide bonds. The fourth-order valence-electron chi connectivity index (χ4n) is 1.69. The van der Waals surface area contributed by atoms with Gasteiger partial charge in [0.15, 0.2) is 0 Å². The molecule has 0 heterocycles. The van der Waals surface area contributed by atoms with Crippen LogP contribution in [0.2, 0.25) is 0 Å². The zero-order chi connectivity index (χ0) is 11.0. The van der Waals surface area contributed by atoms with E-state index in [0.717, 1.165) is 6.42 Å². The van der Waals surface area contributed by atoms with Crippen LogP contribution >= 0.6 is 0 Å². The van der Waals surface area contributed by atoms with Crippen molar-refractivity contribution in [3.05, 3.63) is 23.3 Å². The van der Waals surface area contributed by atoms with Crippen LogP contribution in [0.1, 0.15) is 60.3 Å². The third-order valence-corrected chi connectivity index (χ3v) is 2.36. The second-order valence-electron chi connectivity index (χ2n) is 4.43. The fourth-order valence-corrected chi connectivity index (χ4v) is 1.69. The summed E-state index contributed by atoms with van der Waals surface area (Å²) in [6.45, 7) is 11.2. The zero-order valence-electron chi connectivity index (χ0n) is 10.6. The standard InChI is InChI=1S/C14H26/c1-6-8-14(7-2)10-9-13(5)11-12(3)4/h10-12H,6-9H2,1-5H3. The highest BCUT2D eigenvalue weighted by molar-refractivity contribution is 5.10. The lowest BCUT2D eigenvalue weighted by molar-refractivity contribution is 0.813. The van der Waals surface area contributed by atoms with Gasteiger partial charge in [-0.3, -0.25) is 0 Å². The highest BCUT2D eigenvalue weighted by Crippen LogP contribution is 2.13. The Bertz CT molecular complexity index is 194. The van der Waals surface area contributed by atoms with Crippen molar-refractivity contribution in [1.29, 1.82) is 0 Å². The molecule has 0 N–H and O–H groups in total. The van der Waals surface area contributed by atoms with E-state index in [2.05, 4.69) is 46.8 Å². The molecule has 0 atom stereocenters. The van der Waals surface area contributed by atoms with Crippen molar-refractivity contribution in [3.63, 3.8) is 0 Å². The molecule has 0 bridgehead atoms. The summed E-state index contributed by atoms with van der Waals surface area (Å²) < 4.78 is 0. The minimum atomic E-state index is 0.680. The van der Waals surface area contributed by atoms with Gasteiger partial charge < -0.3 is 0 Å². The van der Waals surface area contributed by atoms with Gasteiger partial charge >= 0.3 is 0 Å². The van der Waals surface area contributed by atoms with E-state index in [1.165, 1.54) is 24.8 Å². The molecule has 0 aromatic heterocycles. The lowest BCUT2D eigenvalue weighted by Crippen LogP contribution is -1.85. The maximum Gasteiger partial charge on any atom is -0.0139 e. The lowest BCUT2D eigenvalue weighted by Gasteiger charge is -2.04. The molecule has 0 nitrogen and oxygen atoms in total. The van der Waals surface area contributed by atoms with E-state index >= 15 is 0 Å². The molecule has 0 fully saturated rings. The minimum absolute atomic E-state index is 0.680. The molecule has 0 unspecified atom stereocenters. The van der Waals surface area contributed by atoms with Gasteiger partial charge in [-0.25, -0.2) is 0 Å². The fraction of sp³-hybridized carbons (Fsp3) is 0.714. The summed E-state index contributed by atoms with van der Waals surface area (Å²) in [5, 5.41) is 0. The van der Waals surface area contributed by atoms with E-state index in [1.807, 2.05) is 0 Å². The summed E-state index contributed by atoms with van der Waals surface area (Å²) in [5.41, 5.74) is 3.12. The van der Waals surface area contributed by atoms with Gasteiger partial charge in [-0.1, -0.05) is 57.4 Å². The predicted molar refractivity (Wildman–Crippen MR) is 66.5 cm³/mol. The molecule has 14 heavy (non-hydrogen) atoms. The second-order valence-corrected chi connectivity index (χ2v) is 4.43. The van der Waals surface area contributed by atoms with Gasteiger partial charge in [0.25, 0.3) is 0 Å². The summed E-state index contributed by atoms with van der Waals surface area (Å²) in [7, 11) is 0. The number of allylic oxidation sites excluding steroid dienone is 4. The molecular formula is C14H26. The zero-order valence-corrected chi connectivity index (χ0v) is 10.6. The van der Waals surface area contributed by atoms with Crippen molar-refractivity contribution >= 4 is 0 Å². The number of hydrogen-bond donors (Lipinski definition) is 0. The average Bonchev–Trinajstić information content (AvgIpc) is 2.11. The van der Waals surface area contributed by atoms with Crippen molar-refractivity contribution < 1.29 is 0 Å². The third-order valence-electron chi connectivity index (χ3n) is 2.36. The van der Waals surface area contributed by atoms with Crippen LogP contribution in [0.4, 0.5) is 0 Å². The summed E-state index contributed by atoms with van der Waals surface area (Å²) in [5.74, 6) is 0.680. The van der Waals surface area contributed by atoms with E-state index in [0.29, 0.717) is 5.92 Å². The van der Waals surface area contributed by atoms with E-state index in [9.17, 15) is 0 Å². The van der Waals surface area contributed by atoms with Crippen LogP contribution in [0.3, 0.4) is 0 Å². The molecule has 0 spiro atoms. The molecule has 0 heteroatoms. The first-order chi connectivity index (χ1) is 6.60. The van der Waals surface area contributed by atoms with Gasteiger partial charge in [-0.15, -0.1) is 0 Å². The monoisotopic (exact) mass is 194 g/mol. The lowest BCUT2D eigenvalue weighted by atomic mass is 10.0. The van der Waals surface area contributed by atoms with Crippen molar-refractivity contribution in [2.45, 2.75) is 60.3 Å². The maximum absolute atomic E-state index is 2.41. The van der Waals surface area contributed by atoms with E-state index in [-0.39, 0.29) is 0 Å². The normalized spacial score (nSPS) is 13.9. The first kappa shape index (κ1) is 13.5. The average molecular weight is 194 g/mol. The Morgan fingerprint density at radius 3 is 2.29 bits per heavy atom. The molecule has 0 aliphatic carbocycles. The van der Waals surface area contributed by atoms with Crippen molar-refractivity contribution in [2.75, 3.05) is 0 Å². The molecule has 0 saturated heterocycles. The van der Waals surface area contributed by atoms with E-state index in [1.54, 1.807) is 5.57 Å². The van der Waals surface area contributed by atoms with Crippen LogP contribution in [0.15, 0.2) is 23.3 Å². The van der Waals surface area contributed by atoms with Gasteiger partial charge in [0.05, 0.1) is 0 Å². The molecule has 0 aromatic rings. The van der Waals surface area contributed by atoms with Gasteiger partial charge in [-0.2, -0.15) is 0 Å². The minimum Gasteiger partial charge on any atom is -0.0827 e. The van der Waals surface area contributed by atoms with Crippen LogP contribution in [0, 0.1) is 5.92 Å². The summed E-state index contributed by atoms with van der Waals surface area (Å²) in [6, 6.07) is 0. The Labute approximate surface area is 90.1 Å². The second kappa shape index (κ2) is 7.84. The van der Waals surface area contributed by atoms with E-state index < -0.39 is 0 Å². The van der Waals surface area contributed by atoms with Crippen LogP contribution in [-0.2, 0) is 0 Å². The van der Waals surface area contributed by atoms with Crippen molar-refractivity contribution in [1.82, 2.24) is 0 Å². The van der Waals surface area contributed by atoms with Crippen LogP contribution in [-0.4, -0.2) is 0 Å². The molecule has 82 valence electrons. The Balaban J connectivity index is 4.10. The quantitative estimate of drug-likeness (QED) is 0.515. The van der Waals surface area contributed by atoms with Gasteiger partial charge in [0.2, 0.25) is 0 Å². The van der Waals surface area contributed by atoms with Gasteiger partial charge in [0.1, 0.15) is 0 Å². The molecule has 0 rings (SSSR count). The van der Waals surface area contributed by atoms with E-state index in [4.69, 9.17) is 0 Å². The topological polar surface area (TPSA) is 0 Å². The smallest absolute Gasteiger partial charge is 0.0139 e. The first-order valence-corrected chi connectivity index (χ1v) is 5.95. The Morgan fingerprint density at radius 2 is 1.86 bits per heavy atom. The third kappa shape index (κ3) is 6.94. The molecule has 0 aliphatic heterocycles. The molecule has 0 radical (unpaired) electrons. The Hall–Kier alpha value is -0.520. The van der Waals surface area contributed by atoms with Crippen molar-refractivity contribution in [3.8, 4) is 0 Å². The Kier molecular flexibility index (Phi) is 7.55. The molecule has 0 aliphatic rings. The van der Waals surface area contributed by atoms with Gasteiger partial charge in [0, 0.05) is 0 Å². The summed E-state index contributed by atoms with van der Waals surface area (Å²) in [6.07, 6.45) is 9.66.